The molecule has 6 heteroatoms. The van der Waals surface area contributed by atoms with E-state index in [0.717, 1.165) is 5.69 Å². The average molecular weight is 367 g/mol. The van der Waals surface area contributed by atoms with Crippen molar-refractivity contribution in [3.63, 3.8) is 0 Å². The number of carbonyl (C=O) groups is 2. The molecule has 142 valence electrons. The van der Waals surface area contributed by atoms with Crippen LogP contribution in [0.5, 0.6) is 5.75 Å². The summed E-state index contributed by atoms with van der Waals surface area (Å²) in [6, 6.07) is 16.0. The highest BCUT2D eigenvalue weighted by molar-refractivity contribution is 5.94. The fourth-order valence-electron chi connectivity index (χ4n) is 3.27. The van der Waals surface area contributed by atoms with Crippen molar-refractivity contribution < 1.29 is 14.7 Å². The molecule has 2 N–H and O–H groups in total. The van der Waals surface area contributed by atoms with Crippen molar-refractivity contribution in [2.75, 3.05) is 31.1 Å². The van der Waals surface area contributed by atoms with Crippen LogP contribution < -0.4 is 10.2 Å². The zero-order valence-electron chi connectivity index (χ0n) is 15.5. The molecule has 1 saturated heterocycles. The van der Waals surface area contributed by atoms with Gasteiger partial charge >= 0.3 is 0 Å². The van der Waals surface area contributed by atoms with Gasteiger partial charge in [-0.25, -0.2) is 0 Å². The molecule has 6 nitrogen and oxygen atoms in total. The standard InChI is InChI=1S/C21H25N3O3/c1-16(22-21(27)17-7-3-2-4-8-17)15-20(26)24-13-11-23(12-14-24)18-9-5-6-10-19(18)25/h2-10,16,25H,11-15H2,1H3,(H,22,27). The van der Waals surface area contributed by atoms with Crippen molar-refractivity contribution in [2.45, 2.75) is 19.4 Å². The molecular weight excluding hydrogens is 342 g/mol. The molecule has 1 fully saturated rings. The number of aromatic hydroxyl groups is 1. The molecule has 0 saturated carbocycles. The number of phenolic OH excluding ortho intramolecular Hbond substituents is 1. The minimum atomic E-state index is -0.235. The highest BCUT2D eigenvalue weighted by Gasteiger charge is 2.24. The molecule has 1 atom stereocenters. The number of hydrogen-bond donors (Lipinski definition) is 2. The number of piperazine rings is 1. The van der Waals surface area contributed by atoms with Gasteiger partial charge in [0.25, 0.3) is 5.91 Å². The van der Waals surface area contributed by atoms with Crippen molar-refractivity contribution in [3.05, 3.63) is 60.2 Å². The summed E-state index contributed by atoms with van der Waals surface area (Å²) in [6.07, 6.45) is 0.273. The lowest BCUT2D eigenvalue weighted by atomic mass is 10.1. The van der Waals surface area contributed by atoms with E-state index in [2.05, 4.69) is 10.2 Å². The van der Waals surface area contributed by atoms with Gasteiger partial charge in [-0.2, -0.15) is 0 Å². The molecule has 1 unspecified atom stereocenters. The van der Waals surface area contributed by atoms with Gasteiger partial charge in [0.2, 0.25) is 5.91 Å². The maximum Gasteiger partial charge on any atom is 0.251 e. The number of rotatable bonds is 5. The number of nitrogens with zero attached hydrogens (tertiary/aromatic N) is 2. The molecule has 0 bridgehead atoms. The summed E-state index contributed by atoms with van der Waals surface area (Å²) in [4.78, 5) is 28.6. The van der Waals surface area contributed by atoms with Crippen molar-refractivity contribution >= 4 is 17.5 Å². The second-order valence-corrected chi connectivity index (χ2v) is 6.80. The Labute approximate surface area is 159 Å². The molecule has 27 heavy (non-hydrogen) atoms. The molecule has 0 radical (unpaired) electrons. The van der Waals surface area contributed by atoms with Crippen LogP contribution in [0.4, 0.5) is 5.69 Å². The quantitative estimate of drug-likeness (QED) is 0.850. The zero-order valence-corrected chi connectivity index (χ0v) is 15.5. The SMILES string of the molecule is CC(CC(=O)N1CCN(c2ccccc2O)CC1)NC(=O)c1ccccc1. The van der Waals surface area contributed by atoms with Gasteiger partial charge in [-0.1, -0.05) is 30.3 Å². The first-order valence-electron chi connectivity index (χ1n) is 9.21. The summed E-state index contributed by atoms with van der Waals surface area (Å²) >= 11 is 0. The number of phenols is 1. The molecule has 1 heterocycles. The lowest BCUT2D eigenvalue weighted by Gasteiger charge is -2.36. The van der Waals surface area contributed by atoms with Crippen LogP contribution in [0.1, 0.15) is 23.7 Å². The van der Waals surface area contributed by atoms with Crippen molar-refractivity contribution in [3.8, 4) is 5.75 Å². The van der Waals surface area contributed by atoms with E-state index in [1.807, 2.05) is 42.2 Å². The number of carbonyl (C=O) groups excluding carboxylic acids is 2. The summed E-state index contributed by atoms with van der Waals surface area (Å²) in [5, 5.41) is 12.9. The number of nitrogens with one attached hydrogen (secondary N) is 1. The van der Waals surface area contributed by atoms with Gasteiger partial charge in [-0.15, -0.1) is 0 Å². The van der Waals surface area contributed by atoms with Crippen LogP contribution in [-0.4, -0.2) is 54.0 Å². The Morgan fingerprint density at radius 1 is 1.00 bits per heavy atom. The predicted molar refractivity (Wildman–Crippen MR) is 105 cm³/mol. The van der Waals surface area contributed by atoms with Crippen molar-refractivity contribution in [1.29, 1.82) is 0 Å². The van der Waals surface area contributed by atoms with E-state index in [0.29, 0.717) is 31.7 Å². The van der Waals surface area contributed by atoms with E-state index in [-0.39, 0.29) is 30.0 Å². The normalized spacial score (nSPS) is 15.3. The fourth-order valence-corrected chi connectivity index (χ4v) is 3.27. The summed E-state index contributed by atoms with van der Waals surface area (Å²) in [7, 11) is 0. The molecule has 1 aliphatic heterocycles. The van der Waals surface area contributed by atoms with Crippen LogP contribution in [0, 0.1) is 0 Å². The van der Waals surface area contributed by atoms with Crippen molar-refractivity contribution in [2.24, 2.45) is 0 Å². The third-order valence-electron chi connectivity index (χ3n) is 4.75. The maximum absolute atomic E-state index is 12.5. The minimum Gasteiger partial charge on any atom is -0.506 e. The lowest BCUT2D eigenvalue weighted by Crippen LogP contribution is -2.50. The third kappa shape index (κ3) is 4.78. The molecular formula is C21H25N3O3. The van der Waals surface area contributed by atoms with E-state index < -0.39 is 0 Å². The van der Waals surface area contributed by atoms with E-state index in [1.54, 1.807) is 24.3 Å². The number of hydrogen-bond acceptors (Lipinski definition) is 4. The Balaban J connectivity index is 1.48. The summed E-state index contributed by atoms with van der Waals surface area (Å²) in [5.74, 6) is 0.127. The first-order chi connectivity index (χ1) is 13.0. The molecule has 0 spiro atoms. The Kier molecular flexibility index (Phi) is 5.96. The Morgan fingerprint density at radius 2 is 1.63 bits per heavy atom. The van der Waals surface area contributed by atoms with Gasteiger partial charge in [-0.3, -0.25) is 9.59 Å². The highest BCUT2D eigenvalue weighted by Crippen LogP contribution is 2.27. The Bertz CT molecular complexity index is 786. The molecule has 0 aromatic heterocycles. The van der Waals surface area contributed by atoms with Crippen LogP contribution in [0.2, 0.25) is 0 Å². The largest absolute Gasteiger partial charge is 0.506 e. The topological polar surface area (TPSA) is 72.9 Å². The predicted octanol–water partition coefficient (Wildman–Crippen LogP) is 2.25. The van der Waals surface area contributed by atoms with E-state index in [4.69, 9.17) is 0 Å². The highest BCUT2D eigenvalue weighted by atomic mass is 16.3. The summed E-state index contributed by atoms with van der Waals surface area (Å²) in [5.41, 5.74) is 1.39. The molecule has 2 amide bonds. The van der Waals surface area contributed by atoms with Gasteiger partial charge in [0, 0.05) is 44.2 Å². The van der Waals surface area contributed by atoms with Gasteiger partial charge in [-0.05, 0) is 31.2 Å². The molecule has 3 rings (SSSR count). The average Bonchev–Trinajstić information content (AvgIpc) is 2.69. The lowest BCUT2D eigenvalue weighted by molar-refractivity contribution is -0.131. The van der Waals surface area contributed by atoms with Crippen molar-refractivity contribution in [1.82, 2.24) is 10.2 Å². The summed E-state index contributed by atoms with van der Waals surface area (Å²) in [6.45, 7) is 4.40. The molecule has 0 aliphatic carbocycles. The summed E-state index contributed by atoms with van der Waals surface area (Å²) < 4.78 is 0. The number of benzene rings is 2. The van der Waals surface area contributed by atoms with E-state index in [9.17, 15) is 14.7 Å². The van der Waals surface area contributed by atoms with Crippen LogP contribution in [0.15, 0.2) is 54.6 Å². The number of amides is 2. The Hall–Kier alpha value is -3.02. The number of para-hydroxylation sites is 2. The third-order valence-corrected chi connectivity index (χ3v) is 4.75. The molecule has 2 aromatic rings. The van der Waals surface area contributed by atoms with Crippen LogP contribution in [0.3, 0.4) is 0 Å². The maximum atomic E-state index is 12.5. The first kappa shape index (κ1) is 18.8. The zero-order chi connectivity index (χ0) is 19.2. The van der Waals surface area contributed by atoms with E-state index in [1.165, 1.54) is 0 Å². The number of anilines is 1. The smallest absolute Gasteiger partial charge is 0.251 e. The van der Waals surface area contributed by atoms with Gasteiger partial charge in [0.05, 0.1) is 5.69 Å². The second-order valence-electron chi connectivity index (χ2n) is 6.80. The van der Waals surface area contributed by atoms with Crippen LogP contribution in [-0.2, 0) is 4.79 Å². The van der Waals surface area contributed by atoms with Crippen LogP contribution in [0.25, 0.3) is 0 Å². The fraction of sp³-hybridized carbons (Fsp3) is 0.333. The minimum absolute atomic E-state index is 0.0350. The monoisotopic (exact) mass is 367 g/mol. The molecule has 2 aromatic carbocycles. The first-order valence-corrected chi connectivity index (χ1v) is 9.21. The Morgan fingerprint density at radius 3 is 2.30 bits per heavy atom. The second kappa shape index (κ2) is 8.58. The van der Waals surface area contributed by atoms with Gasteiger partial charge < -0.3 is 20.2 Å². The van der Waals surface area contributed by atoms with Gasteiger partial charge in [0.15, 0.2) is 0 Å². The van der Waals surface area contributed by atoms with Gasteiger partial charge in [0.1, 0.15) is 5.75 Å². The van der Waals surface area contributed by atoms with Crippen LogP contribution >= 0.6 is 0 Å². The van der Waals surface area contributed by atoms with E-state index >= 15 is 0 Å². The molecule has 1 aliphatic rings.